The highest BCUT2D eigenvalue weighted by atomic mass is 16.5. The Balaban J connectivity index is 2.84. The van der Waals surface area contributed by atoms with Crippen molar-refractivity contribution in [3.63, 3.8) is 0 Å². The van der Waals surface area contributed by atoms with Gasteiger partial charge in [0.15, 0.2) is 17.3 Å². The van der Waals surface area contributed by atoms with Crippen molar-refractivity contribution in [1.82, 2.24) is 0 Å². The van der Waals surface area contributed by atoms with Gasteiger partial charge in [0, 0.05) is 6.42 Å². The van der Waals surface area contributed by atoms with Crippen LogP contribution in [0.5, 0.6) is 11.5 Å². The Morgan fingerprint density at radius 3 is 2.60 bits per heavy atom. The lowest BCUT2D eigenvalue weighted by atomic mass is 10.1. The first-order chi connectivity index (χ1) is 7.04. The molecule has 0 aliphatic rings. The van der Waals surface area contributed by atoms with Crippen LogP contribution in [0.1, 0.15) is 5.56 Å². The maximum atomic E-state index is 10.8. The number of phenols is 1. The Morgan fingerprint density at radius 2 is 2.13 bits per heavy atom. The predicted octanol–water partition coefficient (Wildman–Crippen LogP) is -0.738. The van der Waals surface area contributed by atoms with Gasteiger partial charge >= 0.3 is 0 Å². The molecule has 0 amide bonds. The zero-order valence-electron chi connectivity index (χ0n) is 8.02. The summed E-state index contributed by atoms with van der Waals surface area (Å²) in [4.78, 5) is 21.0. The van der Waals surface area contributed by atoms with Crippen molar-refractivity contribution < 1.29 is 24.5 Å². The first-order valence-corrected chi connectivity index (χ1v) is 4.14. The minimum Gasteiger partial charge on any atom is -0.542 e. The first-order valence-electron chi connectivity index (χ1n) is 4.14. The summed E-state index contributed by atoms with van der Waals surface area (Å²) < 4.78 is 4.79. The molecule has 1 aromatic rings. The Bertz CT molecular complexity index is 397. The normalized spacial score (nSPS) is 9.67. The van der Waals surface area contributed by atoms with E-state index in [0.29, 0.717) is 5.56 Å². The summed E-state index contributed by atoms with van der Waals surface area (Å²) in [5.41, 5.74) is 0.391. The lowest BCUT2D eigenvalue weighted by Crippen LogP contribution is -2.32. The zero-order chi connectivity index (χ0) is 11.4. The van der Waals surface area contributed by atoms with Crippen LogP contribution in [0.3, 0.4) is 0 Å². The Hall–Kier alpha value is -2.04. The molecule has 0 heterocycles. The van der Waals surface area contributed by atoms with Crippen molar-refractivity contribution in [3.8, 4) is 11.5 Å². The highest BCUT2D eigenvalue weighted by molar-refractivity contribution is 6.32. The van der Waals surface area contributed by atoms with Crippen molar-refractivity contribution in [1.29, 1.82) is 0 Å². The molecule has 80 valence electrons. The van der Waals surface area contributed by atoms with Crippen molar-refractivity contribution in [2.75, 3.05) is 7.11 Å². The molecule has 5 heteroatoms. The van der Waals surface area contributed by atoms with Gasteiger partial charge < -0.3 is 19.7 Å². The summed E-state index contributed by atoms with van der Waals surface area (Å²) in [5.74, 6) is -2.63. The van der Waals surface area contributed by atoms with Crippen LogP contribution in [0, 0.1) is 0 Å². The Labute approximate surface area is 85.9 Å². The average Bonchev–Trinajstić information content (AvgIpc) is 2.18. The highest BCUT2D eigenvalue weighted by Crippen LogP contribution is 2.26. The van der Waals surface area contributed by atoms with E-state index < -0.39 is 11.8 Å². The molecule has 0 saturated heterocycles. The fourth-order valence-electron chi connectivity index (χ4n) is 1.10. The van der Waals surface area contributed by atoms with E-state index in [2.05, 4.69) is 0 Å². The van der Waals surface area contributed by atoms with Gasteiger partial charge in [-0.2, -0.15) is 0 Å². The number of Topliss-reactive ketones (excluding diaryl/α,β-unsaturated/α-hetero) is 1. The summed E-state index contributed by atoms with van der Waals surface area (Å²) in [6, 6.07) is 4.23. The smallest absolute Gasteiger partial charge is 0.182 e. The molecule has 1 N–H and O–H groups in total. The van der Waals surface area contributed by atoms with E-state index in [1.54, 1.807) is 0 Å². The van der Waals surface area contributed by atoms with E-state index in [1.807, 2.05) is 0 Å². The summed E-state index contributed by atoms with van der Waals surface area (Å²) in [5, 5.41) is 19.5. The van der Waals surface area contributed by atoms with Gasteiger partial charge in [0.05, 0.1) is 7.11 Å². The maximum absolute atomic E-state index is 10.8. The van der Waals surface area contributed by atoms with E-state index >= 15 is 0 Å². The van der Waals surface area contributed by atoms with Gasteiger partial charge in [-0.05, 0) is 17.7 Å². The number of ether oxygens (including phenoxy) is 1. The molecule has 0 aromatic heterocycles. The molecule has 0 spiro atoms. The number of hydrogen-bond acceptors (Lipinski definition) is 5. The topological polar surface area (TPSA) is 86.7 Å². The summed E-state index contributed by atoms with van der Waals surface area (Å²) >= 11 is 0. The van der Waals surface area contributed by atoms with Crippen LogP contribution in [0.15, 0.2) is 18.2 Å². The second kappa shape index (κ2) is 4.45. The maximum Gasteiger partial charge on any atom is 0.182 e. The molecule has 0 aliphatic heterocycles. The second-order valence-corrected chi connectivity index (χ2v) is 2.89. The van der Waals surface area contributed by atoms with E-state index in [4.69, 9.17) is 4.74 Å². The molecule has 0 aliphatic carbocycles. The molecular formula is C10H9O5-. The number of carbonyl (C=O) groups excluding carboxylic acids is 2. The lowest BCUT2D eigenvalue weighted by Gasteiger charge is -2.06. The summed E-state index contributed by atoms with van der Waals surface area (Å²) in [6.07, 6.45) is -0.306. The minimum absolute atomic E-state index is 0.138. The number of hydrogen-bond donors (Lipinski definition) is 1. The molecule has 0 saturated carbocycles. The minimum atomic E-state index is -1.73. The van der Waals surface area contributed by atoms with E-state index in [0.717, 1.165) is 0 Å². The van der Waals surface area contributed by atoms with Crippen LogP contribution in [0.2, 0.25) is 0 Å². The molecular weight excluding hydrogens is 200 g/mol. The second-order valence-electron chi connectivity index (χ2n) is 2.89. The van der Waals surface area contributed by atoms with Crippen molar-refractivity contribution in [2.24, 2.45) is 0 Å². The SMILES string of the molecule is COc1ccc(CC(=O)C(=O)[O-])cc1O. The van der Waals surface area contributed by atoms with E-state index in [9.17, 15) is 19.8 Å². The van der Waals surface area contributed by atoms with Gasteiger partial charge in [0.25, 0.3) is 0 Å². The lowest BCUT2D eigenvalue weighted by molar-refractivity contribution is -0.299. The molecule has 0 atom stereocenters. The number of carboxylic acids is 1. The third-order valence-electron chi connectivity index (χ3n) is 1.84. The molecule has 0 bridgehead atoms. The zero-order valence-corrected chi connectivity index (χ0v) is 8.02. The van der Waals surface area contributed by atoms with Gasteiger partial charge in [-0.3, -0.25) is 4.79 Å². The van der Waals surface area contributed by atoms with Crippen molar-refractivity contribution in [3.05, 3.63) is 23.8 Å². The number of aliphatic carboxylic acids is 1. The number of carbonyl (C=O) groups is 2. The monoisotopic (exact) mass is 209 g/mol. The Morgan fingerprint density at radius 1 is 1.47 bits per heavy atom. The number of ketones is 1. The number of methoxy groups -OCH3 is 1. The fraction of sp³-hybridized carbons (Fsp3) is 0.200. The molecule has 1 aromatic carbocycles. The van der Waals surface area contributed by atoms with Crippen LogP contribution in [-0.4, -0.2) is 24.0 Å². The molecule has 5 nitrogen and oxygen atoms in total. The molecule has 0 unspecified atom stereocenters. The van der Waals surface area contributed by atoms with E-state index in [-0.39, 0.29) is 17.9 Å². The van der Waals surface area contributed by atoms with Crippen molar-refractivity contribution >= 4 is 11.8 Å². The van der Waals surface area contributed by atoms with Crippen LogP contribution in [0.4, 0.5) is 0 Å². The van der Waals surface area contributed by atoms with Gasteiger partial charge in [-0.15, -0.1) is 0 Å². The quantitative estimate of drug-likeness (QED) is 0.660. The highest BCUT2D eigenvalue weighted by Gasteiger charge is 2.07. The van der Waals surface area contributed by atoms with Crippen LogP contribution in [0.25, 0.3) is 0 Å². The molecule has 0 fully saturated rings. The number of phenolic OH excluding ortho intramolecular Hbond substituents is 1. The van der Waals surface area contributed by atoms with Crippen LogP contribution >= 0.6 is 0 Å². The molecule has 0 radical (unpaired) electrons. The summed E-state index contributed by atoms with van der Waals surface area (Å²) in [7, 11) is 1.39. The van der Waals surface area contributed by atoms with Gasteiger partial charge in [-0.1, -0.05) is 6.07 Å². The third-order valence-corrected chi connectivity index (χ3v) is 1.84. The molecule has 15 heavy (non-hydrogen) atoms. The summed E-state index contributed by atoms with van der Waals surface area (Å²) in [6.45, 7) is 0. The van der Waals surface area contributed by atoms with E-state index in [1.165, 1.54) is 25.3 Å². The number of rotatable bonds is 4. The van der Waals surface area contributed by atoms with Crippen LogP contribution in [-0.2, 0) is 16.0 Å². The predicted molar refractivity (Wildman–Crippen MR) is 48.4 cm³/mol. The fourth-order valence-corrected chi connectivity index (χ4v) is 1.10. The van der Waals surface area contributed by atoms with Gasteiger partial charge in [0.2, 0.25) is 0 Å². The molecule has 1 rings (SSSR count). The van der Waals surface area contributed by atoms with Crippen molar-refractivity contribution in [2.45, 2.75) is 6.42 Å². The first kappa shape index (κ1) is 11.0. The number of benzene rings is 1. The Kier molecular flexibility index (Phi) is 3.28. The standard InChI is InChI=1S/C10H10O5/c1-15-9-3-2-6(4-7(9)11)5-8(12)10(13)14/h2-4,11H,5H2,1H3,(H,13,14)/p-1. The third kappa shape index (κ3) is 2.70. The number of carboxylic acid groups (broad SMARTS) is 1. The average molecular weight is 209 g/mol. The van der Waals surface area contributed by atoms with Crippen LogP contribution < -0.4 is 9.84 Å². The number of aromatic hydroxyl groups is 1. The van der Waals surface area contributed by atoms with Gasteiger partial charge in [0.1, 0.15) is 5.97 Å². The largest absolute Gasteiger partial charge is 0.542 e. The van der Waals surface area contributed by atoms with Gasteiger partial charge in [-0.25, -0.2) is 0 Å².